The molecule has 0 aromatic heterocycles. The normalized spacial score (nSPS) is 9.68. The molecule has 0 radical (unpaired) electrons. The summed E-state index contributed by atoms with van der Waals surface area (Å²) in [6.07, 6.45) is 0. The maximum Gasteiger partial charge on any atom is 1.00 e. The van der Waals surface area contributed by atoms with Crippen LogP contribution in [0.15, 0.2) is 36.4 Å². The largest absolute Gasteiger partial charge is 1.00 e. The molecule has 108 valence electrons. The first-order valence-corrected chi connectivity index (χ1v) is 5.86. The molecule has 2 rings (SSSR count). The van der Waals surface area contributed by atoms with Gasteiger partial charge >= 0.3 is 29.6 Å². The van der Waals surface area contributed by atoms with Crippen molar-refractivity contribution in [2.24, 2.45) is 0 Å². The summed E-state index contributed by atoms with van der Waals surface area (Å²) in [5.74, 6) is -0.331. The topological polar surface area (TPSA) is 121 Å². The average molecular weight is 311 g/mol. The van der Waals surface area contributed by atoms with E-state index in [0.717, 1.165) is 6.07 Å². The van der Waals surface area contributed by atoms with Gasteiger partial charge in [0.1, 0.15) is 5.69 Å². The first-order chi connectivity index (χ1) is 9.90. The number of aryl methyl sites for hydroxylation is 1. The molecule has 1 N–H and O–H groups in total. The zero-order valence-corrected chi connectivity index (χ0v) is 13.9. The SMILES string of the molecule is Cc1cc(Nc2ccccc2[O-])c([N+](=O)[O-])cc1[N+](=O)[O-].[Na+]. The van der Waals surface area contributed by atoms with Gasteiger partial charge in [0, 0.05) is 11.3 Å². The number of nitro groups is 2. The molecule has 0 heterocycles. The second-order valence-electron chi connectivity index (χ2n) is 4.29. The Labute approximate surface area is 147 Å². The number of hydrogen-bond acceptors (Lipinski definition) is 6. The number of nitro benzene ring substituents is 2. The van der Waals surface area contributed by atoms with E-state index in [9.17, 15) is 25.3 Å². The molecular formula is C13H10N3NaO5. The Bertz CT molecular complexity index is 736. The summed E-state index contributed by atoms with van der Waals surface area (Å²) in [5, 5.41) is 36.2. The Morgan fingerprint density at radius 2 is 1.55 bits per heavy atom. The van der Waals surface area contributed by atoms with Crippen molar-refractivity contribution in [1.82, 2.24) is 0 Å². The van der Waals surface area contributed by atoms with Gasteiger partial charge in [-0.05, 0) is 19.1 Å². The Balaban J connectivity index is 0.00000242. The summed E-state index contributed by atoms with van der Waals surface area (Å²) < 4.78 is 0. The van der Waals surface area contributed by atoms with Crippen molar-refractivity contribution in [2.75, 3.05) is 5.32 Å². The van der Waals surface area contributed by atoms with Crippen LogP contribution in [0.4, 0.5) is 22.7 Å². The second-order valence-corrected chi connectivity index (χ2v) is 4.29. The van der Waals surface area contributed by atoms with Crippen LogP contribution in [-0.2, 0) is 0 Å². The van der Waals surface area contributed by atoms with Crippen LogP contribution in [0.1, 0.15) is 5.56 Å². The molecule has 0 fully saturated rings. The van der Waals surface area contributed by atoms with Crippen LogP contribution in [0.3, 0.4) is 0 Å². The molecule has 0 aliphatic rings. The fourth-order valence-electron chi connectivity index (χ4n) is 1.85. The molecule has 0 amide bonds. The molecule has 0 bridgehead atoms. The zero-order valence-electron chi connectivity index (χ0n) is 11.9. The number of benzene rings is 2. The predicted molar refractivity (Wildman–Crippen MR) is 73.7 cm³/mol. The molecule has 0 atom stereocenters. The fourth-order valence-corrected chi connectivity index (χ4v) is 1.85. The third-order valence-corrected chi connectivity index (χ3v) is 2.86. The molecule has 0 spiro atoms. The molecular weight excluding hydrogens is 301 g/mol. The zero-order chi connectivity index (χ0) is 15.6. The number of nitrogens with one attached hydrogen (secondary N) is 1. The van der Waals surface area contributed by atoms with E-state index >= 15 is 0 Å². The minimum Gasteiger partial charge on any atom is -0.871 e. The van der Waals surface area contributed by atoms with Crippen molar-refractivity contribution in [3.63, 3.8) is 0 Å². The van der Waals surface area contributed by atoms with Crippen LogP contribution in [0.25, 0.3) is 0 Å². The van der Waals surface area contributed by atoms with Crippen molar-refractivity contribution in [2.45, 2.75) is 6.92 Å². The number of rotatable bonds is 4. The first kappa shape index (κ1) is 17.9. The summed E-state index contributed by atoms with van der Waals surface area (Å²) in [5.41, 5.74) is -0.352. The van der Waals surface area contributed by atoms with Crippen LogP contribution in [0, 0.1) is 27.2 Å². The van der Waals surface area contributed by atoms with Gasteiger partial charge in [-0.2, -0.15) is 0 Å². The van der Waals surface area contributed by atoms with Crippen molar-refractivity contribution >= 4 is 22.7 Å². The third kappa shape index (κ3) is 3.73. The third-order valence-electron chi connectivity index (χ3n) is 2.86. The first-order valence-electron chi connectivity index (χ1n) is 5.86. The smallest absolute Gasteiger partial charge is 0.871 e. The molecule has 0 aliphatic heterocycles. The predicted octanol–water partition coefficient (Wildman–Crippen LogP) is -0.367. The van der Waals surface area contributed by atoms with Crippen molar-refractivity contribution < 1.29 is 44.5 Å². The van der Waals surface area contributed by atoms with Gasteiger partial charge in [-0.1, -0.05) is 23.9 Å². The molecule has 0 saturated heterocycles. The van der Waals surface area contributed by atoms with E-state index in [2.05, 4.69) is 5.32 Å². The van der Waals surface area contributed by atoms with Gasteiger partial charge in [-0.15, -0.1) is 0 Å². The molecule has 2 aromatic rings. The average Bonchev–Trinajstić information content (AvgIpc) is 2.40. The molecule has 0 saturated carbocycles. The van der Waals surface area contributed by atoms with Gasteiger partial charge in [0.15, 0.2) is 0 Å². The second kappa shape index (κ2) is 7.21. The van der Waals surface area contributed by atoms with Crippen LogP contribution < -0.4 is 40.0 Å². The van der Waals surface area contributed by atoms with E-state index < -0.39 is 15.5 Å². The summed E-state index contributed by atoms with van der Waals surface area (Å²) in [6, 6.07) is 8.10. The quantitative estimate of drug-likeness (QED) is 0.467. The van der Waals surface area contributed by atoms with E-state index in [1.165, 1.54) is 25.1 Å². The summed E-state index contributed by atoms with van der Waals surface area (Å²) in [6.45, 7) is 1.47. The van der Waals surface area contributed by atoms with Crippen LogP contribution in [-0.4, -0.2) is 9.85 Å². The van der Waals surface area contributed by atoms with Crippen LogP contribution in [0.2, 0.25) is 0 Å². The van der Waals surface area contributed by atoms with Crippen LogP contribution in [0.5, 0.6) is 5.75 Å². The van der Waals surface area contributed by atoms with Crippen molar-refractivity contribution in [1.29, 1.82) is 0 Å². The maximum absolute atomic E-state index is 11.6. The maximum atomic E-state index is 11.6. The van der Waals surface area contributed by atoms with Gasteiger partial charge in [-0.25, -0.2) is 0 Å². The Morgan fingerprint density at radius 3 is 2.09 bits per heavy atom. The summed E-state index contributed by atoms with van der Waals surface area (Å²) >= 11 is 0. The Morgan fingerprint density at radius 1 is 0.955 bits per heavy atom. The standard InChI is InChI=1S/C13H11N3O5.Na/c1-8-6-10(14-9-4-2-3-5-13(9)17)12(16(20)21)7-11(8)15(18)19;/h2-7,14,17H,1H3;/q;+1/p-1. The van der Waals surface area contributed by atoms with Gasteiger partial charge in [-0.3, -0.25) is 20.2 Å². The monoisotopic (exact) mass is 311 g/mol. The van der Waals surface area contributed by atoms with Gasteiger partial charge in [0.25, 0.3) is 11.4 Å². The number of hydrogen-bond donors (Lipinski definition) is 1. The fraction of sp³-hybridized carbons (Fsp3) is 0.0769. The van der Waals surface area contributed by atoms with Crippen LogP contribution >= 0.6 is 0 Å². The Hall–Kier alpha value is -2.16. The van der Waals surface area contributed by atoms with E-state index in [1.807, 2.05) is 0 Å². The molecule has 22 heavy (non-hydrogen) atoms. The molecule has 0 unspecified atom stereocenters. The minimum absolute atomic E-state index is 0. The summed E-state index contributed by atoms with van der Waals surface area (Å²) in [7, 11) is 0. The molecule has 0 aliphatic carbocycles. The number of nitrogens with zero attached hydrogens (tertiary/aromatic N) is 2. The summed E-state index contributed by atoms with van der Waals surface area (Å²) in [4.78, 5) is 20.5. The van der Waals surface area contributed by atoms with Crippen molar-refractivity contribution in [3.8, 4) is 5.75 Å². The molecule has 8 nitrogen and oxygen atoms in total. The molecule has 9 heteroatoms. The van der Waals surface area contributed by atoms with Crippen molar-refractivity contribution in [3.05, 3.63) is 62.2 Å². The van der Waals surface area contributed by atoms with E-state index in [-0.39, 0.29) is 57.9 Å². The van der Waals surface area contributed by atoms with Gasteiger partial charge in [0.2, 0.25) is 0 Å². The van der Waals surface area contributed by atoms with E-state index in [0.29, 0.717) is 0 Å². The van der Waals surface area contributed by atoms with Gasteiger partial charge in [0.05, 0.1) is 15.9 Å². The minimum atomic E-state index is -0.734. The number of anilines is 2. The van der Waals surface area contributed by atoms with Gasteiger partial charge < -0.3 is 10.4 Å². The van der Waals surface area contributed by atoms with E-state index in [4.69, 9.17) is 0 Å². The Kier molecular flexibility index (Phi) is 5.86. The van der Waals surface area contributed by atoms with E-state index in [1.54, 1.807) is 12.1 Å². The number of para-hydroxylation sites is 2. The molecule has 2 aromatic carbocycles.